The van der Waals surface area contributed by atoms with Crippen LogP contribution in [0, 0.1) is 11.3 Å². The molecule has 0 bridgehead atoms. The van der Waals surface area contributed by atoms with Crippen molar-refractivity contribution in [3.63, 3.8) is 0 Å². The van der Waals surface area contributed by atoms with Gasteiger partial charge in [-0.25, -0.2) is 0 Å². The highest BCUT2D eigenvalue weighted by Gasteiger charge is 2.59. The van der Waals surface area contributed by atoms with Crippen molar-refractivity contribution in [1.82, 2.24) is 0 Å². The molecule has 1 saturated carbocycles. The molecule has 0 amide bonds. The Kier molecular flexibility index (Phi) is 2.58. The van der Waals surface area contributed by atoms with Crippen LogP contribution in [0.25, 0.3) is 10.8 Å². The zero-order valence-corrected chi connectivity index (χ0v) is 12.1. The second-order valence-corrected chi connectivity index (χ2v) is 6.71. The molecule has 1 aliphatic heterocycles. The topological polar surface area (TPSA) is 21.3 Å². The van der Waals surface area contributed by atoms with Gasteiger partial charge in [0, 0.05) is 35.1 Å². The fraction of sp³-hybridized carbons (Fsp3) is 0.444. The van der Waals surface area contributed by atoms with E-state index in [4.69, 9.17) is 4.74 Å². The van der Waals surface area contributed by atoms with Crippen LogP contribution in [0.3, 0.4) is 0 Å². The SMILES string of the molecule is CC1(C)C(Nc2cccc3ccccc23)C2CCOC21. The van der Waals surface area contributed by atoms with Gasteiger partial charge in [-0.3, -0.25) is 0 Å². The van der Waals surface area contributed by atoms with Crippen molar-refractivity contribution in [3.8, 4) is 0 Å². The summed E-state index contributed by atoms with van der Waals surface area (Å²) in [6.45, 7) is 5.57. The van der Waals surface area contributed by atoms with Gasteiger partial charge < -0.3 is 10.1 Å². The molecular weight excluding hydrogens is 246 g/mol. The Balaban J connectivity index is 1.68. The minimum atomic E-state index is 0.220. The Labute approximate surface area is 120 Å². The first-order chi connectivity index (χ1) is 9.68. The highest BCUT2D eigenvalue weighted by atomic mass is 16.5. The first-order valence-corrected chi connectivity index (χ1v) is 7.54. The predicted octanol–water partition coefficient (Wildman–Crippen LogP) is 4.07. The Morgan fingerprint density at radius 1 is 1.10 bits per heavy atom. The van der Waals surface area contributed by atoms with Gasteiger partial charge in [-0.2, -0.15) is 0 Å². The van der Waals surface area contributed by atoms with Crippen LogP contribution in [0.1, 0.15) is 20.3 Å². The Morgan fingerprint density at radius 3 is 2.80 bits per heavy atom. The van der Waals surface area contributed by atoms with Crippen LogP contribution in [0.4, 0.5) is 5.69 Å². The molecule has 0 radical (unpaired) electrons. The molecule has 0 spiro atoms. The molecule has 2 fully saturated rings. The fourth-order valence-electron chi connectivity index (χ4n) is 4.14. The molecule has 3 atom stereocenters. The number of rotatable bonds is 2. The highest BCUT2D eigenvalue weighted by molar-refractivity contribution is 5.93. The fourth-order valence-corrected chi connectivity index (χ4v) is 4.14. The standard InChI is InChI=1S/C18H21NO/c1-18(2)16(14-10-11-20-17(14)18)19-15-9-5-7-12-6-3-4-8-13(12)15/h3-9,14,16-17,19H,10-11H2,1-2H3. The van der Waals surface area contributed by atoms with Gasteiger partial charge >= 0.3 is 0 Å². The van der Waals surface area contributed by atoms with Crippen LogP contribution in [-0.2, 0) is 4.74 Å². The molecule has 20 heavy (non-hydrogen) atoms. The van der Waals surface area contributed by atoms with Crippen molar-refractivity contribution >= 4 is 16.5 Å². The Hall–Kier alpha value is -1.54. The van der Waals surface area contributed by atoms with E-state index in [0.29, 0.717) is 18.1 Å². The summed E-state index contributed by atoms with van der Waals surface area (Å²) in [4.78, 5) is 0. The molecule has 2 aromatic rings. The lowest BCUT2D eigenvalue weighted by Gasteiger charge is -2.55. The molecule has 2 aliphatic rings. The van der Waals surface area contributed by atoms with Crippen LogP contribution >= 0.6 is 0 Å². The van der Waals surface area contributed by atoms with Crippen molar-refractivity contribution in [2.75, 3.05) is 11.9 Å². The number of ether oxygens (including phenoxy) is 1. The van der Waals surface area contributed by atoms with Gasteiger partial charge in [0.2, 0.25) is 0 Å². The zero-order valence-electron chi connectivity index (χ0n) is 12.1. The highest BCUT2D eigenvalue weighted by Crippen LogP contribution is 2.53. The third-order valence-corrected chi connectivity index (χ3v) is 5.20. The smallest absolute Gasteiger partial charge is 0.0694 e. The van der Waals surface area contributed by atoms with E-state index in [-0.39, 0.29) is 5.41 Å². The van der Waals surface area contributed by atoms with Crippen LogP contribution in [0.2, 0.25) is 0 Å². The minimum Gasteiger partial charge on any atom is -0.381 e. The van der Waals surface area contributed by atoms with Gasteiger partial charge in [-0.15, -0.1) is 0 Å². The minimum absolute atomic E-state index is 0.220. The summed E-state index contributed by atoms with van der Waals surface area (Å²) in [5, 5.41) is 6.42. The summed E-state index contributed by atoms with van der Waals surface area (Å²) in [5.41, 5.74) is 1.48. The lowest BCUT2D eigenvalue weighted by atomic mass is 9.57. The van der Waals surface area contributed by atoms with Crippen molar-refractivity contribution in [3.05, 3.63) is 42.5 Å². The maximum atomic E-state index is 5.88. The molecule has 1 aliphatic carbocycles. The van der Waals surface area contributed by atoms with E-state index in [0.717, 1.165) is 6.61 Å². The number of anilines is 1. The molecule has 0 aromatic heterocycles. The van der Waals surface area contributed by atoms with Crippen molar-refractivity contribution in [2.24, 2.45) is 11.3 Å². The van der Waals surface area contributed by atoms with Crippen molar-refractivity contribution in [1.29, 1.82) is 0 Å². The van der Waals surface area contributed by atoms with Gasteiger partial charge in [-0.05, 0) is 17.9 Å². The van der Waals surface area contributed by atoms with Crippen LogP contribution < -0.4 is 5.32 Å². The molecule has 4 rings (SSSR count). The van der Waals surface area contributed by atoms with E-state index in [1.165, 1.54) is 22.9 Å². The third kappa shape index (κ3) is 1.61. The summed E-state index contributed by atoms with van der Waals surface area (Å²) < 4.78 is 5.88. The van der Waals surface area contributed by atoms with E-state index < -0.39 is 0 Å². The second kappa shape index (κ2) is 4.23. The van der Waals surface area contributed by atoms with Gasteiger partial charge in [0.05, 0.1) is 6.10 Å². The van der Waals surface area contributed by atoms with E-state index >= 15 is 0 Å². The third-order valence-electron chi connectivity index (χ3n) is 5.20. The summed E-state index contributed by atoms with van der Waals surface area (Å²) in [6.07, 6.45) is 1.63. The molecule has 2 nitrogen and oxygen atoms in total. The summed E-state index contributed by atoms with van der Waals surface area (Å²) in [7, 11) is 0. The Morgan fingerprint density at radius 2 is 1.90 bits per heavy atom. The normalized spacial score (nSPS) is 30.8. The monoisotopic (exact) mass is 267 g/mol. The summed E-state index contributed by atoms with van der Waals surface area (Å²) in [6, 6.07) is 15.6. The number of hydrogen-bond acceptors (Lipinski definition) is 2. The molecular formula is C18H21NO. The van der Waals surface area contributed by atoms with Gasteiger partial charge in [0.1, 0.15) is 0 Å². The van der Waals surface area contributed by atoms with Crippen LogP contribution in [0.15, 0.2) is 42.5 Å². The number of hydrogen-bond donors (Lipinski definition) is 1. The van der Waals surface area contributed by atoms with Gasteiger partial charge in [0.15, 0.2) is 0 Å². The summed E-state index contributed by atoms with van der Waals surface area (Å²) in [5.74, 6) is 0.670. The van der Waals surface area contributed by atoms with Crippen LogP contribution in [-0.4, -0.2) is 18.8 Å². The first kappa shape index (κ1) is 12.2. The molecule has 2 heteroatoms. The van der Waals surface area contributed by atoms with Gasteiger partial charge in [-0.1, -0.05) is 50.2 Å². The molecule has 3 unspecified atom stereocenters. The Bertz CT molecular complexity index is 643. The largest absolute Gasteiger partial charge is 0.381 e. The number of benzene rings is 2. The lowest BCUT2D eigenvalue weighted by molar-refractivity contribution is -0.0922. The molecule has 1 N–H and O–H groups in total. The van der Waals surface area contributed by atoms with E-state index in [1.54, 1.807) is 0 Å². The zero-order chi connectivity index (χ0) is 13.7. The van der Waals surface area contributed by atoms with Gasteiger partial charge in [0.25, 0.3) is 0 Å². The average molecular weight is 267 g/mol. The van der Waals surface area contributed by atoms with Crippen molar-refractivity contribution < 1.29 is 4.74 Å². The van der Waals surface area contributed by atoms with E-state index in [9.17, 15) is 0 Å². The lowest BCUT2D eigenvalue weighted by Crippen LogP contribution is -2.63. The number of fused-ring (bicyclic) bond motifs is 2. The summed E-state index contributed by atoms with van der Waals surface area (Å²) >= 11 is 0. The predicted molar refractivity (Wildman–Crippen MR) is 83.0 cm³/mol. The maximum Gasteiger partial charge on any atom is 0.0694 e. The van der Waals surface area contributed by atoms with E-state index in [1.807, 2.05) is 0 Å². The molecule has 2 aromatic carbocycles. The van der Waals surface area contributed by atoms with E-state index in [2.05, 4.69) is 61.6 Å². The maximum absolute atomic E-state index is 5.88. The molecule has 104 valence electrons. The second-order valence-electron chi connectivity index (χ2n) is 6.71. The quantitative estimate of drug-likeness (QED) is 0.885. The molecule has 1 saturated heterocycles. The average Bonchev–Trinajstić information content (AvgIpc) is 2.92. The number of nitrogens with one attached hydrogen (secondary N) is 1. The molecule has 1 heterocycles. The van der Waals surface area contributed by atoms with Crippen molar-refractivity contribution in [2.45, 2.75) is 32.4 Å². The first-order valence-electron chi connectivity index (χ1n) is 7.54. The van der Waals surface area contributed by atoms with Crippen LogP contribution in [0.5, 0.6) is 0 Å².